The zero-order valence-electron chi connectivity index (χ0n) is 15.1. The van der Waals surface area contributed by atoms with E-state index in [-0.39, 0.29) is 0 Å². The molecule has 1 aliphatic rings. The van der Waals surface area contributed by atoms with Gasteiger partial charge < -0.3 is 5.32 Å². The molecule has 1 N–H and O–H groups in total. The Morgan fingerprint density at radius 2 is 1.86 bits per heavy atom. The summed E-state index contributed by atoms with van der Waals surface area (Å²) in [5, 5.41) is 7.19. The highest BCUT2D eigenvalue weighted by atomic mass is 32.1. The van der Waals surface area contributed by atoms with Crippen molar-refractivity contribution in [2.24, 2.45) is 0 Å². The normalized spacial score (nSPS) is 15.6. The number of thiophene rings is 1. The first kappa shape index (κ1) is 15.8. The number of hydrogen-bond donors (Lipinski definition) is 1. The molecule has 0 saturated heterocycles. The minimum atomic E-state index is 0.317. The van der Waals surface area contributed by atoms with Gasteiger partial charge in [0.25, 0.3) is 0 Å². The van der Waals surface area contributed by atoms with Gasteiger partial charge >= 0.3 is 0 Å². The third-order valence-electron chi connectivity index (χ3n) is 5.49. The van der Waals surface area contributed by atoms with Crippen molar-refractivity contribution in [2.45, 2.75) is 12.5 Å². The molecule has 28 heavy (non-hydrogen) atoms. The lowest BCUT2D eigenvalue weighted by Crippen LogP contribution is -2.05. The fourth-order valence-corrected chi connectivity index (χ4v) is 4.78. The summed E-state index contributed by atoms with van der Waals surface area (Å²) in [6.07, 6.45) is 2.87. The van der Waals surface area contributed by atoms with Crippen molar-refractivity contribution in [1.82, 2.24) is 9.97 Å². The maximum absolute atomic E-state index is 4.79. The van der Waals surface area contributed by atoms with Gasteiger partial charge in [-0.1, -0.05) is 30.3 Å². The number of anilines is 1. The zero-order chi connectivity index (χ0) is 18.5. The van der Waals surface area contributed by atoms with E-state index in [1.807, 2.05) is 30.5 Å². The van der Waals surface area contributed by atoms with Crippen LogP contribution in [0.25, 0.3) is 32.4 Å². The standard InChI is InChI=1S/C24H17N3S/c1-2-4-20-19(3-1)25-14-23(26-20)17-6-5-16-12-21(27-22(16)13-17)15-7-8-24-18(11-15)9-10-28-24/h1-11,13-14,21,27H,12H2. The van der Waals surface area contributed by atoms with Crippen LogP contribution in [-0.4, -0.2) is 9.97 Å². The SMILES string of the molecule is c1ccc2nc(-c3ccc4c(c3)NC(c3ccc5sccc5c3)C4)cnc2c1. The lowest BCUT2D eigenvalue weighted by atomic mass is 10.0. The summed E-state index contributed by atoms with van der Waals surface area (Å²) in [6, 6.07) is 23.9. The van der Waals surface area contributed by atoms with Gasteiger partial charge in [-0.05, 0) is 64.7 Å². The van der Waals surface area contributed by atoms with Crippen molar-refractivity contribution < 1.29 is 0 Å². The highest BCUT2D eigenvalue weighted by Crippen LogP contribution is 2.37. The lowest BCUT2D eigenvalue weighted by Gasteiger charge is -2.12. The van der Waals surface area contributed by atoms with Crippen LogP contribution < -0.4 is 5.32 Å². The van der Waals surface area contributed by atoms with Gasteiger partial charge in [0.2, 0.25) is 0 Å². The molecule has 5 aromatic rings. The van der Waals surface area contributed by atoms with Gasteiger partial charge in [-0.15, -0.1) is 11.3 Å². The molecule has 3 aromatic carbocycles. The molecule has 134 valence electrons. The van der Waals surface area contributed by atoms with E-state index in [9.17, 15) is 0 Å². The second kappa shape index (κ2) is 6.14. The van der Waals surface area contributed by atoms with Crippen LogP contribution in [0.15, 0.2) is 78.3 Å². The summed E-state index contributed by atoms with van der Waals surface area (Å²) < 4.78 is 1.34. The Kier molecular flexibility index (Phi) is 3.46. The van der Waals surface area contributed by atoms with E-state index in [1.165, 1.54) is 26.9 Å². The van der Waals surface area contributed by atoms with Crippen molar-refractivity contribution in [2.75, 3.05) is 5.32 Å². The first-order valence-corrected chi connectivity index (χ1v) is 10.3. The quantitative estimate of drug-likeness (QED) is 0.396. The molecule has 4 heteroatoms. The Balaban J connectivity index is 1.34. The molecule has 1 aliphatic heterocycles. The van der Waals surface area contributed by atoms with E-state index < -0.39 is 0 Å². The van der Waals surface area contributed by atoms with Crippen molar-refractivity contribution in [1.29, 1.82) is 0 Å². The van der Waals surface area contributed by atoms with E-state index in [4.69, 9.17) is 4.98 Å². The monoisotopic (exact) mass is 379 g/mol. The first-order valence-electron chi connectivity index (χ1n) is 9.42. The van der Waals surface area contributed by atoms with Gasteiger partial charge in [0.15, 0.2) is 0 Å². The molecule has 1 unspecified atom stereocenters. The van der Waals surface area contributed by atoms with Crippen molar-refractivity contribution >= 4 is 38.1 Å². The van der Waals surface area contributed by atoms with E-state index in [1.54, 1.807) is 11.3 Å². The van der Waals surface area contributed by atoms with Crippen molar-refractivity contribution in [3.8, 4) is 11.3 Å². The van der Waals surface area contributed by atoms with Crippen LogP contribution in [0.3, 0.4) is 0 Å². The lowest BCUT2D eigenvalue weighted by molar-refractivity contribution is 0.826. The molecule has 0 amide bonds. The maximum Gasteiger partial charge on any atom is 0.0894 e. The summed E-state index contributed by atoms with van der Waals surface area (Å²) in [5.41, 5.74) is 7.75. The molecule has 3 heterocycles. The molecule has 0 bridgehead atoms. The minimum absolute atomic E-state index is 0.317. The maximum atomic E-state index is 4.79. The number of rotatable bonds is 2. The molecule has 0 spiro atoms. The number of nitrogens with zero attached hydrogens (tertiary/aromatic N) is 2. The van der Waals surface area contributed by atoms with Gasteiger partial charge in [-0.25, -0.2) is 4.98 Å². The third kappa shape index (κ3) is 2.57. The zero-order valence-corrected chi connectivity index (χ0v) is 15.9. The number of fused-ring (bicyclic) bond motifs is 3. The number of benzene rings is 3. The number of aromatic nitrogens is 2. The predicted octanol–water partition coefficient (Wildman–Crippen LogP) is 6.22. The Morgan fingerprint density at radius 1 is 0.929 bits per heavy atom. The Labute approximate surface area is 166 Å². The second-order valence-electron chi connectivity index (χ2n) is 7.23. The number of nitrogens with one attached hydrogen (secondary N) is 1. The van der Waals surface area contributed by atoms with Crippen LogP contribution in [0.2, 0.25) is 0 Å². The van der Waals surface area contributed by atoms with Gasteiger partial charge in [-0.3, -0.25) is 4.98 Å². The topological polar surface area (TPSA) is 37.8 Å². The van der Waals surface area contributed by atoms with Gasteiger partial charge in [0.1, 0.15) is 0 Å². The highest BCUT2D eigenvalue weighted by molar-refractivity contribution is 7.17. The molecule has 1 atom stereocenters. The summed E-state index contributed by atoms with van der Waals surface area (Å²) >= 11 is 1.79. The number of hydrogen-bond acceptors (Lipinski definition) is 4. The fraction of sp³-hybridized carbons (Fsp3) is 0.0833. The van der Waals surface area contributed by atoms with E-state index in [0.717, 1.165) is 28.7 Å². The average Bonchev–Trinajstić information content (AvgIpc) is 3.39. The van der Waals surface area contributed by atoms with Gasteiger partial charge in [0, 0.05) is 16.0 Å². The summed E-state index contributed by atoms with van der Waals surface area (Å²) in [6.45, 7) is 0. The molecule has 0 aliphatic carbocycles. The van der Waals surface area contributed by atoms with Crippen molar-refractivity contribution in [3.05, 3.63) is 89.4 Å². The largest absolute Gasteiger partial charge is 0.378 e. The molecular formula is C24H17N3S. The summed E-state index contributed by atoms with van der Waals surface area (Å²) in [5.74, 6) is 0. The molecule has 0 saturated carbocycles. The Morgan fingerprint density at radius 3 is 2.82 bits per heavy atom. The summed E-state index contributed by atoms with van der Waals surface area (Å²) in [4.78, 5) is 9.34. The second-order valence-corrected chi connectivity index (χ2v) is 8.18. The first-order chi connectivity index (χ1) is 13.8. The van der Waals surface area contributed by atoms with E-state index >= 15 is 0 Å². The average molecular weight is 379 g/mol. The van der Waals surface area contributed by atoms with Crippen LogP contribution in [0.5, 0.6) is 0 Å². The summed E-state index contributed by atoms with van der Waals surface area (Å²) in [7, 11) is 0. The van der Waals surface area contributed by atoms with E-state index in [2.05, 4.69) is 58.1 Å². The molecule has 0 radical (unpaired) electrons. The minimum Gasteiger partial charge on any atom is -0.378 e. The van der Waals surface area contributed by atoms with Gasteiger partial charge in [0.05, 0.1) is 29.0 Å². The molecular weight excluding hydrogens is 362 g/mol. The Hall–Kier alpha value is -3.24. The van der Waals surface area contributed by atoms with Crippen LogP contribution in [0, 0.1) is 0 Å². The molecule has 6 rings (SSSR count). The van der Waals surface area contributed by atoms with E-state index in [0.29, 0.717) is 6.04 Å². The van der Waals surface area contributed by atoms with Crippen LogP contribution >= 0.6 is 11.3 Å². The third-order valence-corrected chi connectivity index (χ3v) is 6.38. The highest BCUT2D eigenvalue weighted by Gasteiger charge is 2.23. The van der Waals surface area contributed by atoms with Crippen LogP contribution in [-0.2, 0) is 6.42 Å². The Bertz CT molecular complexity index is 1340. The van der Waals surface area contributed by atoms with Crippen LogP contribution in [0.4, 0.5) is 5.69 Å². The molecule has 3 nitrogen and oxygen atoms in total. The fourth-order valence-electron chi connectivity index (χ4n) is 4.01. The van der Waals surface area contributed by atoms with Crippen molar-refractivity contribution in [3.63, 3.8) is 0 Å². The smallest absolute Gasteiger partial charge is 0.0894 e. The van der Waals surface area contributed by atoms with Gasteiger partial charge in [-0.2, -0.15) is 0 Å². The molecule has 0 fully saturated rings. The number of para-hydroxylation sites is 2. The predicted molar refractivity (Wildman–Crippen MR) is 117 cm³/mol. The van der Waals surface area contributed by atoms with Crippen LogP contribution in [0.1, 0.15) is 17.2 Å². The molecule has 2 aromatic heterocycles.